The van der Waals surface area contributed by atoms with E-state index in [-0.39, 0.29) is 30.8 Å². The van der Waals surface area contributed by atoms with Crippen LogP contribution < -0.4 is 20.1 Å². The summed E-state index contributed by atoms with van der Waals surface area (Å²) in [5.41, 5.74) is -0.0510. The SMILES string of the molecule is O=C(COc1cc(F)c2cn[nH]c2c1)NC12CCC(NC(=O)COc3ccc4cn[nH]c4c3)(CC1)[C@@H](O)C2. The van der Waals surface area contributed by atoms with Crippen LogP contribution in [0.1, 0.15) is 32.1 Å². The van der Waals surface area contributed by atoms with Crippen molar-refractivity contribution in [2.24, 2.45) is 0 Å². The van der Waals surface area contributed by atoms with Gasteiger partial charge in [-0.2, -0.15) is 10.2 Å². The first-order chi connectivity index (χ1) is 18.3. The number of hydrogen-bond acceptors (Lipinski definition) is 7. The Morgan fingerprint density at radius 1 is 0.947 bits per heavy atom. The fraction of sp³-hybridized carbons (Fsp3) is 0.385. The molecule has 2 aromatic heterocycles. The van der Waals surface area contributed by atoms with Crippen molar-refractivity contribution in [2.45, 2.75) is 49.3 Å². The summed E-state index contributed by atoms with van der Waals surface area (Å²) in [6.45, 7) is -0.473. The summed E-state index contributed by atoms with van der Waals surface area (Å²) in [4.78, 5) is 25.4. The van der Waals surface area contributed by atoms with Crippen LogP contribution in [0.3, 0.4) is 0 Å². The molecule has 0 aliphatic heterocycles. The summed E-state index contributed by atoms with van der Waals surface area (Å²) in [5, 5.41) is 31.6. The molecule has 0 saturated heterocycles. The van der Waals surface area contributed by atoms with Gasteiger partial charge in [-0.3, -0.25) is 19.8 Å². The second kappa shape index (κ2) is 9.28. The fourth-order valence-electron chi connectivity index (χ4n) is 5.68. The minimum atomic E-state index is -0.826. The minimum absolute atomic E-state index is 0.182. The molecule has 0 radical (unpaired) electrons. The zero-order chi connectivity index (χ0) is 26.3. The van der Waals surface area contributed by atoms with Crippen molar-refractivity contribution in [3.63, 3.8) is 0 Å². The summed E-state index contributed by atoms with van der Waals surface area (Å²) >= 11 is 0. The van der Waals surface area contributed by atoms with Gasteiger partial charge < -0.3 is 25.2 Å². The number of aliphatic hydroxyl groups is 1. The van der Waals surface area contributed by atoms with Crippen LogP contribution in [-0.4, -0.2) is 67.7 Å². The van der Waals surface area contributed by atoms with Gasteiger partial charge in [0, 0.05) is 29.1 Å². The van der Waals surface area contributed by atoms with Gasteiger partial charge in [-0.1, -0.05) is 0 Å². The minimum Gasteiger partial charge on any atom is -0.484 e. The Morgan fingerprint density at radius 3 is 2.42 bits per heavy atom. The van der Waals surface area contributed by atoms with Crippen LogP contribution in [0.25, 0.3) is 21.8 Å². The van der Waals surface area contributed by atoms with Crippen LogP contribution in [0.4, 0.5) is 4.39 Å². The molecule has 2 heterocycles. The first kappa shape index (κ1) is 24.2. The number of benzene rings is 2. The van der Waals surface area contributed by atoms with E-state index in [1.54, 1.807) is 24.4 Å². The molecule has 2 bridgehead atoms. The molecule has 12 heteroatoms. The highest BCUT2D eigenvalue weighted by Gasteiger charge is 2.55. The predicted octanol–water partition coefficient (Wildman–Crippen LogP) is 2.08. The summed E-state index contributed by atoms with van der Waals surface area (Å²) in [5.74, 6) is -0.410. The molecule has 38 heavy (non-hydrogen) atoms. The van der Waals surface area contributed by atoms with Gasteiger partial charge in [0.1, 0.15) is 17.3 Å². The number of carbonyl (C=O) groups excluding carboxylic acids is 2. The van der Waals surface area contributed by atoms with Crippen molar-refractivity contribution < 1.29 is 28.6 Å². The molecule has 3 aliphatic carbocycles. The molecular formula is C26H27FN6O5. The Kier molecular flexibility index (Phi) is 5.90. The van der Waals surface area contributed by atoms with Crippen molar-refractivity contribution in [1.29, 1.82) is 0 Å². The summed E-state index contributed by atoms with van der Waals surface area (Å²) in [6, 6.07) is 8.19. The highest BCUT2D eigenvalue weighted by atomic mass is 19.1. The number of halogens is 1. The third kappa shape index (κ3) is 4.51. The summed E-state index contributed by atoms with van der Waals surface area (Å²) in [6.07, 6.45) is 4.81. The predicted molar refractivity (Wildman–Crippen MR) is 134 cm³/mol. The molecular weight excluding hydrogens is 495 g/mol. The Hall–Kier alpha value is -4.19. The van der Waals surface area contributed by atoms with Gasteiger partial charge in [-0.05, 0) is 44.2 Å². The number of aromatic nitrogens is 4. The van der Waals surface area contributed by atoms with E-state index in [1.807, 2.05) is 6.07 Å². The Labute approximate surface area is 216 Å². The molecule has 2 aromatic carbocycles. The van der Waals surface area contributed by atoms with E-state index in [2.05, 4.69) is 31.0 Å². The van der Waals surface area contributed by atoms with Gasteiger partial charge in [0.2, 0.25) is 0 Å². The van der Waals surface area contributed by atoms with Crippen LogP contribution in [0, 0.1) is 5.82 Å². The van der Waals surface area contributed by atoms with E-state index in [4.69, 9.17) is 9.47 Å². The first-order valence-corrected chi connectivity index (χ1v) is 12.4. The van der Waals surface area contributed by atoms with Crippen molar-refractivity contribution in [2.75, 3.05) is 13.2 Å². The van der Waals surface area contributed by atoms with Gasteiger partial charge in [-0.15, -0.1) is 0 Å². The molecule has 198 valence electrons. The molecule has 7 rings (SSSR count). The average Bonchev–Trinajstić information content (AvgIpc) is 3.57. The molecule has 3 fully saturated rings. The van der Waals surface area contributed by atoms with E-state index in [0.29, 0.717) is 48.8 Å². The molecule has 2 amide bonds. The smallest absolute Gasteiger partial charge is 0.258 e. The molecule has 5 N–H and O–H groups in total. The van der Waals surface area contributed by atoms with Gasteiger partial charge in [0.15, 0.2) is 13.2 Å². The lowest BCUT2D eigenvalue weighted by Gasteiger charge is -2.56. The van der Waals surface area contributed by atoms with E-state index >= 15 is 0 Å². The van der Waals surface area contributed by atoms with Gasteiger partial charge in [0.05, 0.1) is 40.5 Å². The average molecular weight is 523 g/mol. The second-order valence-corrected chi connectivity index (χ2v) is 10.2. The molecule has 3 aliphatic rings. The van der Waals surface area contributed by atoms with Crippen LogP contribution in [0.2, 0.25) is 0 Å². The van der Waals surface area contributed by atoms with Crippen molar-refractivity contribution in [3.8, 4) is 11.5 Å². The maximum Gasteiger partial charge on any atom is 0.258 e. The first-order valence-electron chi connectivity index (χ1n) is 12.4. The Morgan fingerprint density at radius 2 is 1.63 bits per heavy atom. The quantitative estimate of drug-likeness (QED) is 0.237. The number of nitrogens with one attached hydrogen (secondary N) is 4. The molecule has 0 unspecified atom stereocenters. The number of amides is 2. The zero-order valence-electron chi connectivity index (χ0n) is 20.4. The summed E-state index contributed by atoms with van der Waals surface area (Å²) in [7, 11) is 0. The normalized spacial score (nSPS) is 24.4. The number of aromatic amines is 2. The highest BCUT2D eigenvalue weighted by Crippen LogP contribution is 2.47. The maximum absolute atomic E-state index is 14.1. The Balaban J connectivity index is 1.01. The van der Waals surface area contributed by atoms with E-state index in [1.165, 1.54) is 12.3 Å². The van der Waals surface area contributed by atoms with E-state index in [9.17, 15) is 19.1 Å². The largest absolute Gasteiger partial charge is 0.484 e. The van der Waals surface area contributed by atoms with Gasteiger partial charge in [0.25, 0.3) is 11.8 Å². The standard InChI is InChI=1S/C26H27FN6O5/c27-19-7-17(9-21-18(19)12-29-33-21)38-13-23(35)30-25-3-5-26(6-4-25,22(34)10-25)31-24(36)14-37-16-2-1-15-11-28-32-20(15)8-16/h1-2,7-9,11-12,22,34H,3-6,10,13-14H2,(H,28,32)(H,29,33)(H,30,35)(H,31,36)/t22-,25?,26?/m0/s1. The molecule has 3 saturated carbocycles. The highest BCUT2D eigenvalue weighted by molar-refractivity contribution is 5.82. The fourth-order valence-corrected chi connectivity index (χ4v) is 5.68. The number of rotatable bonds is 8. The van der Waals surface area contributed by atoms with E-state index in [0.717, 1.165) is 10.9 Å². The maximum atomic E-state index is 14.1. The van der Waals surface area contributed by atoms with Crippen LogP contribution >= 0.6 is 0 Å². The molecule has 1 atom stereocenters. The van der Waals surface area contributed by atoms with Gasteiger partial charge in [-0.25, -0.2) is 4.39 Å². The molecule has 4 aromatic rings. The zero-order valence-corrected chi connectivity index (χ0v) is 20.4. The number of aliphatic hydroxyl groups excluding tert-OH is 1. The van der Waals surface area contributed by atoms with Crippen LogP contribution in [0.5, 0.6) is 11.5 Å². The second-order valence-electron chi connectivity index (χ2n) is 10.2. The Bertz CT molecular complexity index is 1510. The number of nitrogens with zero attached hydrogens (tertiary/aromatic N) is 2. The molecule has 11 nitrogen and oxygen atoms in total. The molecule has 0 spiro atoms. The van der Waals surface area contributed by atoms with Crippen molar-refractivity contribution in [3.05, 3.63) is 48.5 Å². The third-order valence-corrected chi connectivity index (χ3v) is 7.75. The number of H-pyrrole nitrogens is 2. The van der Waals surface area contributed by atoms with Gasteiger partial charge >= 0.3 is 0 Å². The van der Waals surface area contributed by atoms with Crippen LogP contribution in [-0.2, 0) is 9.59 Å². The van der Waals surface area contributed by atoms with Crippen molar-refractivity contribution >= 4 is 33.6 Å². The topological polar surface area (TPSA) is 154 Å². The lowest BCUT2D eigenvalue weighted by Crippen LogP contribution is -2.70. The number of ether oxygens (including phenoxy) is 2. The lowest BCUT2D eigenvalue weighted by molar-refractivity contribution is -0.137. The lowest BCUT2D eigenvalue weighted by atomic mass is 9.60. The number of carbonyl (C=O) groups is 2. The van der Waals surface area contributed by atoms with Crippen molar-refractivity contribution in [1.82, 2.24) is 31.0 Å². The number of hydrogen-bond donors (Lipinski definition) is 5. The number of fused-ring (bicyclic) bond motifs is 5. The summed E-state index contributed by atoms with van der Waals surface area (Å²) < 4.78 is 25.3. The van der Waals surface area contributed by atoms with E-state index < -0.39 is 23.0 Å². The monoisotopic (exact) mass is 522 g/mol. The van der Waals surface area contributed by atoms with Crippen LogP contribution in [0.15, 0.2) is 42.7 Å². The third-order valence-electron chi connectivity index (χ3n) is 7.75.